The lowest BCUT2D eigenvalue weighted by Gasteiger charge is -2.28. The van der Waals surface area contributed by atoms with Gasteiger partial charge in [-0.3, -0.25) is 19.2 Å². The Balaban J connectivity index is 0.000000300. The van der Waals surface area contributed by atoms with Crippen LogP contribution in [0.25, 0.3) is 22.3 Å². The molecule has 0 saturated heterocycles. The summed E-state index contributed by atoms with van der Waals surface area (Å²) in [7, 11) is 0. The van der Waals surface area contributed by atoms with Crippen molar-refractivity contribution in [3.63, 3.8) is 0 Å². The van der Waals surface area contributed by atoms with Gasteiger partial charge in [0, 0.05) is 96.4 Å². The third-order valence-corrected chi connectivity index (χ3v) is 15.4. The van der Waals surface area contributed by atoms with Crippen molar-refractivity contribution < 1.29 is 95.4 Å². The molecule has 22 heteroatoms. The van der Waals surface area contributed by atoms with Crippen molar-refractivity contribution in [3.05, 3.63) is 234 Å². The smallest absolute Gasteiger partial charge is 0.336 e. The Labute approximate surface area is 609 Å². The monoisotopic (exact) mass is 1380 g/mol. The number of hydrogen-bond donors (Lipinski definition) is 0. The van der Waals surface area contributed by atoms with Gasteiger partial charge in [0.1, 0.15) is 24.6 Å². The standard InChI is InChI=1S/C37H40F4N4O2S.C36H38F4N4O2S/c1-4-43(5-2)18-19-44(22-26-6-10-28(11-7-26)29-12-14-30(15-13-29)37(39,40)41)34(46)23-45-33-21-25(3)20-32(33)35(47)42-36(45)48-24-27-8-16-31(38)17-9-27;1-3-42(4-2)20-21-43(22-25-8-12-27(13-9-25)28-14-16-29(17-15-28)36(38,39)40)33(45)23-44-32-7-5-6-31(32)34(46)41-35(44)47-24-26-10-18-30(37)19-11-26/h6-17,25H,4-5,18-24H2,1-3H3;8-19H,3-7,20-24H2,1-2H3/i4D2,5D2,6D,7D,10D,11D,12D,13D,14D,15D,18D2,19D2,20D2,21D2,23D2,25D;3D2,4D2,10D,11D,18D,19D,20D2,21D2,23D2. The van der Waals surface area contributed by atoms with Crippen LogP contribution in [0.4, 0.5) is 35.1 Å². The largest absolute Gasteiger partial charge is 0.416 e. The Hall–Kier alpha value is -7.92. The highest BCUT2D eigenvalue weighted by Crippen LogP contribution is 2.35. The van der Waals surface area contributed by atoms with Crippen molar-refractivity contribution >= 4 is 35.3 Å². The van der Waals surface area contributed by atoms with Crippen molar-refractivity contribution in [1.82, 2.24) is 38.7 Å². The fourth-order valence-electron chi connectivity index (χ4n) is 8.75. The summed E-state index contributed by atoms with van der Waals surface area (Å²) in [6.07, 6.45) is -16.5. The highest BCUT2D eigenvalue weighted by Gasteiger charge is 2.33. The predicted octanol–water partition coefficient (Wildman–Crippen LogP) is 14.7. The number of thioether (sulfide) groups is 2. The van der Waals surface area contributed by atoms with E-state index in [2.05, 4.69) is 9.97 Å². The molecule has 2 amide bonds. The van der Waals surface area contributed by atoms with E-state index in [9.17, 15) is 57.7 Å². The molecule has 12 nitrogen and oxygen atoms in total. The van der Waals surface area contributed by atoms with Crippen LogP contribution in [0.2, 0.25) is 0 Å². The SMILES string of the molecule is [2H]c1c([2H])c(-c2c([2H])c([2H])c(C(F)(F)F)c([2H])c2[2H])c([2H])c([2H])c1CN(C(=O)C([2H])([2H])n1c(SCc2ccc(F)cc2)nc(=O)c2c1C([2H])([2H])C([2H])(C)C2([2H])[2H])C([2H])([2H])C([2H])([2H])N(C([2H])([2H])C)C([2H])([2H])C.[2H]c1c([2H])c(CSc2nc(=O)c3c(n2C([2H])([2H])C(=O)N(Cc2ccc(-c4ccc(C(F)(F)F)cc4)cc2)C([2H])([2H])C([2H])([2H])N(C([2H])([2H])C)C([2H])([2H])C)CCC3)c([2H])c([2H])c1F. The Morgan fingerprint density at radius 3 is 1.51 bits per heavy atom. The number of hydrogen-bond acceptors (Lipinski definition) is 10. The maximum absolute atomic E-state index is 15.3. The number of fused-ring (bicyclic) bond motifs is 2. The fraction of sp³-hybridized carbons (Fsp3) is 0.370. The summed E-state index contributed by atoms with van der Waals surface area (Å²) >= 11 is 0.843. The van der Waals surface area contributed by atoms with Gasteiger partial charge in [0.25, 0.3) is 11.1 Å². The molecule has 10 rings (SSSR count). The molecular formula is C73H78F8N8O4S2. The summed E-state index contributed by atoms with van der Waals surface area (Å²) in [5.74, 6) is -10.4. The van der Waals surface area contributed by atoms with E-state index in [-0.39, 0.29) is 66.5 Å². The second-order valence-corrected chi connectivity index (χ2v) is 21.7. The molecule has 95 heavy (non-hydrogen) atoms. The number of nitrogens with zero attached hydrogens (tertiary/aromatic N) is 8. The summed E-state index contributed by atoms with van der Waals surface area (Å²) in [4.78, 5) is 64.0. The molecule has 502 valence electrons. The van der Waals surface area contributed by atoms with Gasteiger partial charge in [0.15, 0.2) is 10.3 Å². The minimum absolute atomic E-state index is 0.000310. The lowest BCUT2D eigenvalue weighted by atomic mass is 10.0. The van der Waals surface area contributed by atoms with Crippen LogP contribution in [0.1, 0.15) is 148 Å². The molecule has 0 saturated carbocycles. The molecule has 0 spiro atoms. The molecule has 2 aliphatic carbocycles. The highest BCUT2D eigenvalue weighted by atomic mass is 32.2. The van der Waals surface area contributed by atoms with Gasteiger partial charge in [0.05, 0.1) is 38.5 Å². The number of carbonyl (C=O) groups excluding carboxylic acids is 2. The maximum atomic E-state index is 15.3. The Morgan fingerprint density at radius 2 is 0.989 bits per heavy atom. The Kier molecular flexibility index (Phi) is 12.7. The topological polar surface area (TPSA) is 117 Å². The molecule has 8 aromatic rings. The van der Waals surface area contributed by atoms with Crippen LogP contribution < -0.4 is 11.1 Å². The zero-order valence-electron chi connectivity index (χ0n) is 87.4. The van der Waals surface area contributed by atoms with E-state index in [1.807, 2.05) is 0 Å². The van der Waals surface area contributed by atoms with Crippen molar-refractivity contribution in [1.29, 1.82) is 0 Å². The quantitative estimate of drug-likeness (QED) is 0.0295. The van der Waals surface area contributed by atoms with Crippen molar-refractivity contribution in [2.75, 3.05) is 52.0 Å². The van der Waals surface area contributed by atoms with E-state index in [0.717, 1.165) is 38.1 Å². The van der Waals surface area contributed by atoms with Gasteiger partial charge in [-0.05, 0) is 157 Å². The first-order valence-corrected chi connectivity index (χ1v) is 30.0. The van der Waals surface area contributed by atoms with Crippen LogP contribution in [0, 0.1) is 17.5 Å². The third-order valence-electron chi connectivity index (χ3n) is 13.4. The molecule has 6 aromatic carbocycles. The molecule has 0 fully saturated rings. The van der Waals surface area contributed by atoms with Crippen LogP contribution in [-0.4, -0.2) is 102 Å². The van der Waals surface area contributed by atoms with E-state index in [1.54, 1.807) is 0 Å². The first-order chi connectivity index (χ1) is 59.6. The normalized spacial score (nSPS) is 22.6. The number of carbonyl (C=O) groups is 2. The molecular weight excluding hydrogens is 1270 g/mol. The lowest BCUT2D eigenvalue weighted by Crippen LogP contribution is -2.40. The van der Waals surface area contributed by atoms with Crippen molar-refractivity contribution in [2.24, 2.45) is 5.89 Å². The number of halogens is 8. The summed E-state index contributed by atoms with van der Waals surface area (Å²) in [5.41, 5.74) is -11.1. The lowest BCUT2D eigenvalue weighted by molar-refractivity contribution is -0.138. The first-order valence-electron chi connectivity index (χ1n) is 46.5. The van der Waals surface area contributed by atoms with E-state index in [1.165, 1.54) is 48.5 Å². The van der Waals surface area contributed by atoms with Crippen LogP contribution in [-0.2, 0) is 85.1 Å². The van der Waals surface area contributed by atoms with Gasteiger partial charge in [-0.15, -0.1) is 0 Å². The van der Waals surface area contributed by atoms with E-state index in [4.69, 9.17) is 42.5 Å². The number of rotatable bonds is 26. The first kappa shape index (κ1) is 37.0. The van der Waals surface area contributed by atoms with Crippen LogP contribution in [0.5, 0.6) is 0 Å². The zero-order valence-corrected chi connectivity index (χ0v) is 52.1. The molecule has 2 aromatic heterocycles. The molecule has 0 bridgehead atoms. The van der Waals surface area contributed by atoms with Crippen LogP contribution >= 0.6 is 23.5 Å². The molecule has 2 aliphatic rings. The molecule has 2 heterocycles. The molecule has 0 aliphatic heterocycles. The van der Waals surface area contributed by atoms with E-state index in [0.29, 0.717) is 60.0 Å². The van der Waals surface area contributed by atoms with Crippen LogP contribution in [0.3, 0.4) is 0 Å². The summed E-state index contributed by atoms with van der Waals surface area (Å²) in [6, 6.07) is -1.56. The average molecular weight is 1380 g/mol. The number of benzene rings is 6. The van der Waals surface area contributed by atoms with Gasteiger partial charge in [-0.1, -0.05) is 155 Å². The second kappa shape index (κ2) is 32.7. The minimum atomic E-state index is -5.46. The second-order valence-electron chi connectivity index (χ2n) is 19.8. The van der Waals surface area contributed by atoms with Crippen LogP contribution in [0.15, 0.2) is 165 Å². The van der Waals surface area contributed by atoms with Gasteiger partial charge in [-0.2, -0.15) is 36.3 Å². The van der Waals surface area contributed by atoms with Gasteiger partial charge >= 0.3 is 12.4 Å². The van der Waals surface area contributed by atoms with E-state index < -0.39 is 282 Å². The minimum Gasteiger partial charge on any atom is -0.336 e. The molecule has 0 N–H and O–H groups in total. The summed E-state index contributed by atoms with van der Waals surface area (Å²) < 4.78 is 431. The third kappa shape index (κ3) is 19.2. The Bertz CT molecular complexity index is 5880. The van der Waals surface area contributed by atoms with Gasteiger partial charge in [-0.25, -0.2) is 8.78 Å². The fourth-order valence-corrected chi connectivity index (χ4v) is 10.5. The molecule has 0 radical (unpaired) electrons. The zero-order chi connectivity index (χ0) is 101. The predicted molar refractivity (Wildman–Crippen MR) is 358 cm³/mol. The van der Waals surface area contributed by atoms with Gasteiger partial charge in [0.2, 0.25) is 11.8 Å². The average Bonchev–Trinajstić information content (AvgIpc) is 1.50. The summed E-state index contributed by atoms with van der Waals surface area (Å²) in [5, 5.41) is -1.54. The summed E-state index contributed by atoms with van der Waals surface area (Å²) in [6.45, 7) is -35.8. The molecule has 1 unspecified atom stereocenters. The van der Waals surface area contributed by atoms with Crippen molar-refractivity contribution in [2.45, 2.75) is 127 Å². The number of aromatic nitrogens is 4. The van der Waals surface area contributed by atoms with Gasteiger partial charge < -0.3 is 28.7 Å². The number of likely N-dealkylation sites (N-methyl/N-ethyl adjacent to an activating group) is 2. The number of alkyl halides is 6. The van der Waals surface area contributed by atoms with Crippen molar-refractivity contribution in [3.8, 4) is 22.3 Å². The maximum Gasteiger partial charge on any atom is 0.416 e. The molecule has 1 atom stereocenters. The van der Waals surface area contributed by atoms with E-state index >= 15 is 4.79 Å². The Morgan fingerprint density at radius 1 is 0.537 bits per heavy atom. The number of amides is 2. The highest BCUT2D eigenvalue weighted by molar-refractivity contribution is 7.98.